The summed E-state index contributed by atoms with van der Waals surface area (Å²) < 4.78 is 9.64. The van der Waals surface area contributed by atoms with Gasteiger partial charge in [0, 0.05) is 22.5 Å². The van der Waals surface area contributed by atoms with E-state index in [-0.39, 0.29) is 11.2 Å². The van der Waals surface area contributed by atoms with Gasteiger partial charge in [-0.25, -0.2) is 14.5 Å². The Kier molecular flexibility index (Phi) is 7.17. The van der Waals surface area contributed by atoms with Gasteiger partial charge in [-0.3, -0.25) is 14.3 Å². The summed E-state index contributed by atoms with van der Waals surface area (Å²) in [5.74, 6) is -1.28. The van der Waals surface area contributed by atoms with Gasteiger partial charge in [0.05, 0.1) is 28.2 Å². The van der Waals surface area contributed by atoms with Gasteiger partial charge in [-0.2, -0.15) is 0 Å². The fourth-order valence-corrected chi connectivity index (χ4v) is 4.59. The molecule has 196 valence electrons. The predicted molar refractivity (Wildman–Crippen MR) is 154 cm³/mol. The zero-order valence-electron chi connectivity index (χ0n) is 21.5. The Morgan fingerprint density at radius 2 is 1.64 bits per heavy atom. The average molecular weight is 585 g/mol. The van der Waals surface area contributed by atoms with Gasteiger partial charge in [0.25, 0.3) is 11.5 Å². The molecule has 0 aliphatic rings. The Bertz CT molecular complexity index is 1760. The summed E-state index contributed by atoms with van der Waals surface area (Å²) in [6, 6.07) is 25.6. The minimum Gasteiger partial charge on any atom is -0.449 e. The van der Waals surface area contributed by atoms with Crippen LogP contribution in [0.5, 0.6) is 0 Å². The van der Waals surface area contributed by atoms with Gasteiger partial charge in [-0.15, -0.1) is 0 Å². The molecule has 0 bridgehead atoms. The van der Waals surface area contributed by atoms with Gasteiger partial charge in [-0.05, 0) is 50.2 Å². The lowest BCUT2D eigenvalue weighted by Crippen LogP contribution is -2.32. The second kappa shape index (κ2) is 10.7. The first-order valence-corrected chi connectivity index (χ1v) is 13.1. The van der Waals surface area contributed by atoms with Crippen molar-refractivity contribution in [3.05, 3.63) is 111 Å². The molecule has 0 radical (unpaired) electrons. The molecule has 2 heterocycles. The zero-order valence-corrected chi connectivity index (χ0v) is 23.1. The van der Waals surface area contributed by atoms with Crippen molar-refractivity contribution in [1.82, 2.24) is 14.3 Å². The highest BCUT2D eigenvalue weighted by Crippen LogP contribution is 2.27. The maximum Gasteiger partial charge on any atom is 0.339 e. The normalized spacial score (nSPS) is 11.8. The zero-order chi connectivity index (χ0) is 27.7. The molecular formula is C30H25BrN4O4. The smallest absolute Gasteiger partial charge is 0.339 e. The van der Waals surface area contributed by atoms with Crippen LogP contribution in [-0.2, 0) is 16.6 Å². The molecule has 1 unspecified atom stereocenters. The van der Waals surface area contributed by atoms with Crippen LogP contribution in [0.2, 0.25) is 0 Å². The van der Waals surface area contributed by atoms with Crippen LogP contribution in [0.4, 0.5) is 5.69 Å². The molecule has 1 N–H and O–H groups in total. The number of nitrogens with one attached hydrogen (secondary N) is 1. The van der Waals surface area contributed by atoms with Crippen molar-refractivity contribution < 1.29 is 14.3 Å². The Morgan fingerprint density at radius 1 is 0.974 bits per heavy atom. The van der Waals surface area contributed by atoms with Crippen molar-refractivity contribution in [2.24, 2.45) is 7.05 Å². The number of fused-ring (bicyclic) bond motifs is 1. The fraction of sp³-hybridized carbons (Fsp3) is 0.133. The highest BCUT2D eigenvalue weighted by atomic mass is 79.9. The largest absolute Gasteiger partial charge is 0.449 e. The van der Waals surface area contributed by atoms with Crippen LogP contribution in [0.15, 0.2) is 94.2 Å². The summed E-state index contributed by atoms with van der Waals surface area (Å²) in [6.45, 7) is 3.21. The molecule has 1 atom stereocenters. The molecule has 9 heteroatoms. The summed E-state index contributed by atoms with van der Waals surface area (Å²) in [5.41, 5.74) is 3.33. The molecule has 0 saturated carbocycles. The van der Waals surface area contributed by atoms with Gasteiger partial charge in [0.15, 0.2) is 6.10 Å². The standard InChI is InChI=1S/C30H25BrN4O4/c1-18-27(29(37)35(34(18)3)22-9-5-4-6-10-22)33-28(36)19(2)39-30(38)24-17-26(20-13-15-21(31)16-14-20)32-25-12-8-7-11-23(24)25/h4-17,19H,1-3H3,(H,33,36). The van der Waals surface area contributed by atoms with E-state index in [0.29, 0.717) is 33.5 Å². The Morgan fingerprint density at radius 3 is 2.36 bits per heavy atom. The van der Waals surface area contributed by atoms with Crippen molar-refractivity contribution in [2.75, 3.05) is 5.32 Å². The molecule has 0 fully saturated rings. The van der Waals surface area contributed by atoms with Crippen molar-refractivity contribution in [3.8, 4) is 16.9 Å². The van der Waals surface area contributed by atoms with Crippen LogP contribution in [0.1, 0.15) is 23.0 Å². The quantitative estimate of drug-likeness (QED) is 0.260. The number of nitrogens with zero attached hydrogens (tertiary/aromatic N) is 3. The first kappa shape index (κ1) is 26.1. The second-order valence-corrected chi connectivity index (χ2v) is 9.97. The molecule has 2 aromatic heterocycles. The third-order valence-corrected chi connectivity index (χ3v) is 7.06. The van der Waals surface area contributed by atoms with E-state index in [9.17, 15) is 14.4 Å². The number of pyridine rings is 1. The number of aromatic nitrogens is 3. The number of esters is 1. The number of anilines is 1. The third kappa shape index (κ3) is 5.13. The van der Waals surface area contributed by atoms with Crippen LogP contribution in [-0.4, -0.2) is 32.3 Å². The molecule has 8 nitrogen and oxygen atoms in total. The SMILES string of the molecule is Cc1c(NC(=O)C(C)OC(=O)c2cc(-c3ccc(Br)cc3)nc3ccccc23)c(=O)n(-c2ccccc2)n1C. The third-order valence-electron chi connectivity index (χ3n) is 6.53. The van der Waals surface area contributed by atoms with Crippen molar-refractivity contribution in [3.63, 3.8) is 0 Å². The summed E-state index contributed by atoms with van der Waals surface area (Å²) in [4.78, 5) is 44.3. The molecule has 3 aromatic carbocycles. The summed E-state index contributed by atoms with van der Waals surface area (Å²) in [7, 11) is 1.74. The Hall–Kier alpha value is -4.50. The molecule has 0 saturated heterocycles. The molecule has 5 aromatic rings. The predicted octanol–water partition coefficient (Wildman–Crippen LogP) is 5.65. The van der Waals surface area contributed by atoms with Crippen molar-refractivity contribution >= 4 is 44.4 Å². The molecule has 0 spiro atoms. The Labute approximate surface area is 233 Å². The number of rotatable bonds is 6. The van der Waals surface area contributed by atoms with E-state index < -0.39 is 18.0 Å². The van der Waals surface area contributed by atoms with Crippen LogP contribution in [0.25, 0.3) is 27.8 Å². The maximum absolute atomic E-state index is 13.3. The van der Waals surface area contributed by atoms with Crippen LogP contribution >= 0.6 is 15.9 Å². The first-order chi connectivity index (χ1) is 18.7. The summed E-state index contributed by atoms with van der Waals surface area (Å²) >= 11 is 3.43. The van der Waals surface area contributed by atoms with Gasteiger partial charge in [0.2, 0.25) is 0 Å². The van der Waals surface area contributed by atoms with Crippen LogP contribution < -0.4 is 10.9 Å². The highest BCUT2D eigenvalue weighted by molar-refractivity contribution is 9.10. The second-order valence-electron chi connectivity index (χ2n) is 9.05. The fourth-order valence-electron chi connectivity index (χ4n) is 4.33. The lowest BCUT2D eigenvalue weighted by Gasteiger charge is -2.15. The maximum atomic E-state index is 13.3. The number of para-hydroxylation sites is 2. The molecule has 5 rings (SSSR count). The van der Waals surface area contributed by atoms with E-state index in [0.717, 1.165) is 10.0 Å². The van der Waals surface area contributed by atoms with E-state index in [1.165, 1.54) is 11.6 Å². The number of benzene rings is 3. The van der Waals surface area contributed by atoms with Gasteiger partial charge < -0.3 is 10.1 Å². The Balaban J connectivity index is 1.41. The van der Waals surface area contributed by atoms with Crippen molar-refractivity contribution in [1.29, 1.82) is 0 Å². The number of halogens is 1. The van der Waals surface area contributed by atoms with E-state index in [1.807, 2.05) is 60.7 Å². The first-order valence-electron chi connectivity index (χ1n) is 12.3. The number of ether oxygens (including phenoxy) is 1. The van der Waals surface area contributed by atoms with Crippen molar-refractivity contribution in [2.45, 2.75) is 20.0 Å². The monoisotopic (exact) mass is 584 g/mol. The van der Waals surface area contributed by atoms with E-state index in [1.54, 1.807) is 42.9 Å². The number of carbonyl (C=O) groups excluding carboxylic acids is 2. The average Bonchev–Trinajstić information content (AvgIpc) is 3.15. The lowest BCUT2D eigenvalue weighted by atomic mass is 10.0. The van der Waals surface area contributed by atoms with Gasteiger partial charge >= 0.3 is 5.97 Å². The summed E-state index contributed by atoms with van der Waals surface area (Å²) in [5, 5.41) is 3.27. The lowest BCUT2D eigenvalue weighted by molar-refractivity contribution is -0.123. The molecule has 0 aliphatic heterocycles. The minimum atomic E-state index is -1.16. The number of amides is 1. The van der Waals surface area contributed by atoms with Crippen LogP contribution in [0.3, 0.4) is 0 Å². The van der Waals surface area contributed by atoms with Crippen LogP contribution in [0, 0.1) is 6.92 Å². The number of hydrogen-bond donors (Lipinski definition) is 1. The van der Waals surface area contributed by atoms with Gasteiger partial charge in [-0.1, -0.05) is 64.5 Å². The number of hydrogen-bond acceptors (Lipinski definition) is 5. The molecule has 1 amide bonds. The topological polar surface area (TPSA) is 95.2 Å². The van der Waals surface area contributed by atoms with E-state index in [2.05, 4.69) is 21.2 Å². The highest BCUT2D eigenvalue weighted by Gasteiger charge is 2.25. The van der Waals surface area contributed by atoms with E-state index >= 15 is 0 Å². The molecular weight excluding hydrogens is 560 g/mol. The van der Waals surface area contributed by atoms with E-state index in [4.69, 9.17) is 9.72 Å². The molecule has 39 heavy (non-hydrogen) atoms. The number of carbonyl (C=O) groups is 2. The molecule has 0 aliphatic carbocycles. The minimum absolute atomic E-state index is 0.126. The van der Waals surface area contributed by atoms with Gasteiger partial charge in [0.1, 0.15) is 5.69 Å². The summed E-state index contributed by atoms with van der Waals surface area (Å²) in [6.07, 6.45) is -1.16.